The van der Waals surface area contributed by atoms with Gasteiger partial charge in [0.2, 0.25) is 0 Å². The van der Waals surface area contributed by atoms with E-state index in [-0.39, 0.29) is 5.82 Å². The lowest BCUT2D eigenvalue weighted by molar-refractivity contribution is 0.627. The van der Waals surface area contributed by atoms with Gasteiger partial charge in [0, 0.05) is 10.9 Å². The molecule has 0 spiro atoms. The molecule has 134 valence electrons. The molecule has 0 aliphatic rings. The van der Waals surface area contributed by atoms with Gasteiger partial charge in [-0.15, -0.1) is 0 Å². The molecule has 0 atom stereocenters. The van der Waals surface area contributed by atoms with E-state index in [2.05, 4.69) is 20.6 Å². The molecule has 0 saturated heterocycles. The first-order valence-electron chi connectivity index (χ1n) is 8.59. The first kappa shape index (κ1) is 16.9. The van der Waals surface area contributed by atoms with Gasteiger partial charge in [-0.3, -0.25) is 5.43 Å². The lowest BCUT2D eigenvalue weighted by atomic mass is 10.2. The molecule has 0 radical (unpaired) electrons. The first-order valence-corrected chi connectivity index (χ1v) is 8.59. The van der Waals surface area contributed by atoms with Crippen LogP contribution in [-0.2, 0) is 0 Å². The van der Waals surface area contributed by atoms with Crippen LogP contribution in [0.5, 0.6) is 0 Å². The number of fused-ring (bicyclic) bond motifs is 1. The summed E-state index contributed by atoms with van der Waals surface area (Å²) in [5.41, 5.74) is 7.35. The summed E-state index contributed by atoms with van der Waals surface area (Å²) in [7, 11) is 0. The smallest absolute Gasteiger partial charge is 0.146 e. The zero-order chi connectivity index (χ0) is 18.8. The zero-order valence-electron chi connectivity index (χ0n) is 15.0. The highest BCUT2D eigenvalue weighted by Gasteiger charge is 2.11. The molecule has 0 fully saturated rings. The van der Waals surface area contributed by atoms with Gasteiger partial charge in [0.25, 0.3) is 0 Å². The van der Waals surface area contributed by atoms with Crippen LogP contribution < -0.4 is 5.43 Å². The van der Waals surface area contributed by atoms with E-state index >= 15 is 0 Å². The van der Waals surface area contributed by atoms with Gasteiger partial charge in [-0.05, 0) is 56.3 Å². The summed E-state index contributed by atoms with van der Waals surface area (Å²) < 4.78 is 14.9. The Morgan fingerprint density at radius 3 is 2.63 bits per heavy atom. The van der Waals surface area contributed by atoms with E-state index in [9.17, 15) is 4.39 Å². The Morgan fingerprint density at radius 2 is 1.81 bits per heavy atom. The fourth-order valence-electron chi connectivity index (χ4n) is 2.94. The molecule has 0 bridgehead atoms. The SMILES string of the molecule is CC(=NNc1ccc2ccccc2n1)c1cnn(-c2ccc(F)cc2)c1C. The third kappa shape index (κ3) is 3.42. The lowest BCUT2D eigenvalue weighted by Crippen LogP contribution is -2.04. The van der Waals surface area contributed by atoms with Crippen molar-refractivity contribution in [2.75, 3.05) is 5.43 Å². The van der Waals surface area contributed by atoms with E-state index in [1.165, 1.54) is 12.1 Å². The molecule has 27 heavy (non-hydrogen) atoms. The third-order valence-corrected chi connectivity index (χ3v) is 4.41. The second-order valence-electron chi connectivity index (χ2n) is 6.23. The Morgan fingerprint density at radius 1 is 1.04 bits per heavy atom. The van der Waals surface area contributed by atoms with Crippen molar-refractivity contribution in [3.8, 4) is 5.69 Å². The van der Waals surface area contributed by atoms with Crippen molar-refractivity contribution < 1.29 is 4.39 Å². The van der Waals surface area contributed by atoms with Gasteiger partial charge >= 0.3 is 0 Å². The molecule has 0 unspecified atom stereocenters. The van der Waals surface area contributed by atoms with Crippen molar-refractivity contribution in [1.29, 1.82) is 0 Å². The summed E-state index contributed by atoms with van der Waals surface area (Å²) in [6, 6.07) is 18.1. The number of hydrogen-bond donors (Lipinski definition) is 1. The maximum Gasteiger partial charge on any atom is 0.146 e. The van der Waals surface area contributed by atoms with Gasteiger partial charge in [0.05, 0.1) is 28.8 Å². The number of nitrogens with one attached hydrogen (secondary N) is 1. The fraction of sp³-hybridized carbons (Fsp3) is 0.0952. The van der Waals surface area contributed by atoms with Crippen LogP contribution in [0.25, 0.3) is 16.6 Å². The highest BCUT2D eigenvalue weighted by molar-refractivity contribution is 6.00. The van der Waals surface area contributed by atoms with E-state index < -0.39 is 0 Å². The Labute approximate surface area is 156 Å². The summed E-state index contributed by atoms with van der Waals surface area (Å²) >= 11 is 0. The predicted molar refractivity (Wildman–Crippen MR) is 106 cm³/mol. The summed E-state index contributed by atoms with van der Waals surface area (Å²) in [5.74, 6) is 0.408. The average Bonchev–Trinajstić information content (AvgIpc) is 3.08. The molecule has 1 N–H and O–H groups in total. The number of hydrazone groups is 1. The van der Waals surface area contributed by atoms with Gasteiger partial charge in [0.15, 0.2) is 0 Å². The summed E-state index contributed by atoms with van der Waals surface area (Å²) in [5, 5.41) is 9.93. The molecule has 6 heteroatoms. The number of hydrogen-bond acceptors (Lipinski definition) is 4. The summed E-state index contributed by atoms with van der Waals surface area (Å²) in [6.45, 7) is 3.87. The van der Waals surface area contributed by atoms with Gasteiger partial charge in [0.1, 0.15) is 11.6 Å². The maximum atomic E-state index is 13.1. The predicted octanol–water partition coefficient (Wildman–Crippen LogP) is 4.70. The molecule has 0 aliphatic carbocycles. The normalized spacial score (nSPS) is 11.7. The Bertz CT molecular complexity index is 1130. The van der Waals surface area contributed by atoms with E-state index in [1.54, 1.807) is 23.0 Å². The van der Waals surface area contributed by atoms with Gasteiger partial charge < -0.3 is 0 Å². The largest absolute Gasteiger partial charge is 0.261 e. The van der Waals surface area contributed by atoms with Gasteiger partial charge in [-0.1, -0.05) is 18.2 Å². The maximum absolute atomic E-state index is 13.1. The number of rotatable bonds is 4. The molecule has 4 rings (SSSR count). The third-order valence-electron chi connectivity index (χ3n) is 4.41. The number of benzene rings is 2. The Hall–Kier alpha value is -3.54. The van der Waals surface area contributed by atoms with Crippen molar-refractivity contribution in [1.82, 2.24) is 14.8 Å². The lowest BCUT2D eigenvalue weighted by Gasteiger charge is -2.06. The van der Waals surface area contributed by atoms with Crippen molar-refractivity contribution in [3.05, 3.63) is 83.9 Å². The van der Waals surface area contributed by atoms with Gasteiger partial charge in [-0.2, -0.15) is 10.2 Å². The zero-order valence-corrected chi connectivity index (χ0v) is 15.0. The van der Waals surface area contributed by atoms with Crippen LogP contribution in [0.4, 0.5) is 10.2 Å². The molecular formula is C21H18FN5. The van der Waals surface area contributed by atoms with Crippen LogP contribution in [0.3, 0.4) is 0 Å². The number of halogens is 1. The van der Waals surface area contributed by atoms with Crippen LogP contribution in [0, 0.1) is 12.7 Å². The highest BCUT2D eigenvalue weighted by atomic mass is 19.1. The Kier molecular flexibility index (Phi) is 4.38. The topological polar surface area (TPSA) is 55.1 Å². The quantitative estimate of drug-likeness (QED) is 0.424. The number of aromatic nitrogens is 3. The minimum Gasteiger partial charge on any atom is -0.261 e. The van der Waals surface area contributed by atoms with Crippen LogP contribution in [0.15, 0.2) is 72.0 Å². The minimum atomic E-state index is -0.270. The van der Waals surface area contributed by atoms with Crippen molar-refractivity contribution in [2.45, 2.75) is 13.8 Å². The minimum absolute atomic E-state index is 0.270. The van der Waals surface area contributed by atoms with Gasteiger partial charge in [-0.25, -0.2) is 14.1 Å². The van der Waals surface area contributed by atoms with Crippen molar-refractivity contribution in [3.63, 3.8) is 0 Å². The number of pyridine rings is 1. The van der Waals surface area contributed by atoms with Crippen LogP contribution in [-0.4, -0.2) is 20.5 Å². The second kappa shape index (κ2) is 6.99. The fourth-order valence-corrected chi connectivity index (χ4v) is 2.94. The molecule has 2 aromatic carbocycles. The van der Waals surface area contributed by atoms with Crippen LogP contribution in [0.2, 0.25) is 0 Å². The van der Waals surface area contributed by atoms with Crippen molar-refractivity contribution >= 4 is 22.4 Å². The van der Waals surface area contributed by atoms with Crippen LogP contribution in [0.1, 0.15) is 18.2 Å². The van der Waals surface area contributed by atoms with E-state index in [0.29, 0.717) is 5.82 Å². The molecule has 0 amide bonds. The average molecular weight is 359 g/mol. The van der Waals surface area contributed by atoms with Crippen LogP contribution >= 0.6 is 0 Å². The second-order valence-corrected chi connectivity index (χ2v) is 6.23. The van der Waals surface area contributed by atoms with E-state index in [0.717, 1.165) is 33.6 Å². The number of para-hydroxylation sites is 1. The molecule has 5 nitrogen and oxygen atoms in total. The van der Waals surface area contributed by atoms with E-state index in [1.807, 2.05) is 50.2 Å². The monoisotopic (exact) mass is 359 g/mol. The molecule has 0 aliphatic heterocycles. The molecule has 4 aromatic rings. The Balaban J connectivity index is 1.58. The summed E-state index contributed by atoms with van der Waals surface area (Å²) in [6.07, 6.45) is 1.76. The first-order chi connectivity index (χ1) is 13.1. The molecule has 0 saturated carbocycles. The molecule has 2 aromatic heterocycles. The number of nitrogens with zero attached hydrogens (tertiary/aromatic N) is 4. The molecule has 2 heterocycles. The highest BCUT2D eigenvalue weighted by Crippen LogP contribution is 2.17. The summed E-state index contributed by atoms with van der Waals surface area (Å²) in [4.78, 5) is 4.55. The standard InChI is InChI=1S/C21H18FN5/c1-14(25-26-21-12-7-16-5-3-4-6-20(16)24-21)19-13-23-27(15(19)2)18-10-8-17(22)9-11-18/h3-13H,1-2H3,(H,24,26). The van der Waals surface area contributed by atoms with E-state index in [4.69, 9.17) is 0 Å². The van der Waals surface area contributed by atoms with Crippen molar-refractivity contribution in [2.24, 2.45) is 5.10 Å². The number of anilines is 1. The molecular weight excluding hydrogens is 341 g/mol.